The predicted molar refractivity (Wildman–Crippen MR) is 78.5 cm³/mol. The Morgan fingerprint density at radius 1 is 0.900 bits per heavy atom. The molecule has 106 valence electrons. The first kappa shape index (κ1) is 14.6. The molecule has 2 rings (SSSR count). The lowest BCUT2D eigenvalue weighted by atomic mass is 10.1. The van der Waals surface area contributed by atoms with E-state index in [1.54, 1.807) is 31.2 Å². The normalized spacial score (nSPS) is 11.4. The van der Waals surface area contributed by atoms with Crippen molar-refractivity contribution in [2.45, 2.75) is 25.7 Å². The minimum absolute atomic E-state index is 0.0607. The van der Waals surface area contributed by atoms with E-state index in [0.717, 1.165) is 11.1 Å². The van der Waals surface area contributed by atoms with Gasteiger partial charge in [0.2, 0.25) is 0 Å². The molecule has 20 heavy (non-hydrogen) atoms. The van der Waals surface area contributed by atoms with E-state index in [4.69, 9.17) is 0 Å². The van der Waals surface area contributed by atoms with E-state index < -0.39 is 10.0 Å². The van der Waals surface area contributed by atoms with Crippen molar-refractivity contribution in [3.8, 4) is 0 Å². The summed E-state index contributed by atoms with van der Waals surface area (Å²) in [5, 5.41) is 10.1. The Labute approximate surface area is 119 Å². The summed E-state index contributed by atoms with van der Waals surface area (Å²) in [5.41, 5.74) is 2.92. The van der Waals surface area contributed by atoms with Gasteiger partial charge in [0.05, 0.1) is 10.6 Å². The molecule has 0 unspecified atom stereocenters. The number of hydrogen-bond acceptors (Lipinski definition) is 3. The average Bonchev–Trinajstić information content (AvgIpc) is 2.38. The molecule has 5 heteroatoms. The summed E-state index contributed by atoms with van der Waals surface area (Å²) >= 11 is 0. The van der Waals surface area contributed by atoms with Gasteiger partial charge in [0.1, 0.15) is 0 Å². The summed E-state index contributed by atoms with van der Waals surface area (Å²) in [6, 6.07) is 11.5. The molecule has 0 amide bonds. The highest BCUT2D eigenvalue weighted by atomic mass is 32.2. The summed E-state index contributed by atoms with van der Waals surface area (Å²) in [6.45, 7) is 5.54. The molecule has 0 spiro atoms. The highest BCUT2D eigenvalue weighted by Gasteiger charge is 2.24. The Morgan fingerprint density at radius 3 is 2.00 bits per heavy atom. The van der Waals surface area contributed by atoms with Crippen LogP contribution in [0.5, 0.6) is 0 Å². The number of hydrogen-bond donors (Lipinski definition) is 1. The van der Waals surface area contributed by atoms with Gasteiger partial charge in [-0.15, -0.1) is 4.47 Å². The number of sulfonamides is 1. The number of aryl methyl sites for hydroxylation is 3. The van der Waals surface area contributed by atoms with Crippen LogP contribution in [-0.4, -0.2) is 13.6 Å². The van der Waals surface area contributed by atoms with Gasteiger partial charge in [0, 0.05) is 0 Å². The Hall–Kier alpha value is -1.85. The number of anilines is 1. The fraction of sp³-hybridized carbons (Fsp3) is 0.200. The molecule has 0 bridgehead atoms. The molecular weight excluding hydrogens is 274 g/mol. The minimum Gasteiger partial charge on any atom is -0.274 e. The second-order valence-corrected chi connectivity index (χ2v) is 6.62. The molecule has 2 aromatic carbocycles. The zero-order valence-corrected chi connectivity index (χ0v) is 12.5. The van der Waals surface area contributed by atoms with Gasteiger partial charge in [-0.2, -0.15) is 8.42 Å². The first-order chi connectivity index (χ1) is 9.32. The molecule has 0 radical (unpaired) electrons. The van der Waals surface area contributed by atoms with Crippen molar-refractivity contribution in [2.24, 2.45) is 0 Å². The lowest BCUT2D eigenvalue weighted by molar-refractivity contribution is 0.315. The standard InChI is InChI=1S/C15H17NO3S/c1-11-4-7-14(8-5-11)20(18,19)16(17)15-9-6-12(2)10-13(15)3/h4-10,17H,1-3H3. The average molecular weight is 291 g/mol. The van der Waals surface area contributed by atoms with Gasteiger partial charge in [-0.05, 0) is 44.5 Å². The maximum atomic E-state index is 12.4. The van der Waals surface area contributed by atoms with Gasteiger partial charge >= 0.3 is 0 Å². The van der Waals surface area contributed by atoms with Gasteiger partial charge in [-0.1, -0.05) is 35.4 Å². The van der Waals surface area contributed by atoms with Crippen molar-refractivity contribution >= 4 is 15.7 Å². The van der Waals surface area contributed by atoms with Gasteiger partial charge in [0.25, 0.3) is 10.0 Å². The van der Waals surface area contributed by atoms with Crippen molar-refractivity contribution in [2.75, 3.05) is 4.47 Å². The summed E-state index contributed by atoms with van der Waals surface area (Å²) in [4.78, 5) is 0.0607. The van der Waals surface area contributed by atoms with E-state index in [1.807, 2.05) is 19.9 Å². The molecule has 4 nitrogen and oxygen atoms in total. The van der Waals surface area contributed by atoms with Crippen molar-refractivity contribution in [3.63, 3.8) is 0 Å². The molecule has 0 aliphatic heterocycles. The number of benzene rings is 2. The zero-order chi connectivity index (χ0) is 14.9. The van der Waals surface area contributed by atoms with Crippen LogP contribution in [0.15, 0.2) is 47.4 Å². The lowest BCUT2D eigenvalue weighted by Gasteiger charge is -2.19. The second-order valence-electron chi connectivity index (χ2n) is 4.85. The van der Waals surface area contributed by atoms with E-state index >= 15 is 0 Å². The smallest absolute Gasteiger partial charge is 0.274 e. The zero-order valence-electron chi connectivity index (χ0n) is 11.7. The Bertz CT molecular complexity index is 721. The minimum atomic E-state index is -3.96. The molecule has 0 saturated heterocycles. The van der Waals surface area contributed by atoms with Crippen LogP contribution in [0.2, 0.25) is 0 Å². The van der Waals surface area contributed by atoms with Crippen LogP contribution in [0.25, 0.3) is 0 Å². The van der Waals surface area contributed by atoms with Crippen LogP contribution < -0.4 is 4.47 Å². The molecule has 0 aliphatic rings. The van der Waals surface area contributed by atoms with E-state index in [2.05, 4.69) is 0 Å². The third-order valence-electron chi connectivity index (χ3n) is 3.10. The molecular formula is C15H17NO3S. The highest BCUT2D eigenvalue weighted by molar-refractivity contribution is 7.92. The number of rotatable bonds is 3. The van der Waals surface area contributed by atoms with Crippen LogP contribution in [0, 0.1) is 20.8 Å². The Balaban J connectivity index is 2.45. The largest absolute Gasteiger partial charge is 0.286 e. The first-order valence-electron chi connectivity index (χ1n) is 6.20. The lowest BCUT2D eigenvalue weighted by Crippen LogP contribution is -2.27. The van der Waals surface area contributed by atoms with Crippen LogP contribution in [0.4, 0.5) is 5.69 Å². The van der Waals surface area contributed by atoms with Crippen molar-refractivity contribution in [1.29, 1.82) is 0 Å². The molecule has 0 atom stereocenters. The first-order valence-corrected chi connectivity index (χ1v) is 7.64. The molecule has 0 aromatic heterocycles. The van der Waals surface area contributed by atoms with E-state index in [9.17, 15) is 13.6 Å². The molecule has 1 N–H and O–H groups in total. The summed E-state index contributed by atoms with van der Waals surface area (Å²) in [5.74, 6) is 0. The summed E-state index contributed by atoms with van der Waals surface area (Å²) in [6.07, 6.45) is 0. The molecule has 0 heterocycles. The van der Waals surface area contributed by atoms with Gasteiger partial charge < -0.3 is 0 Å². The monoisotopic (exact) mass is 291 g/mol. The van der Waals surface area contributed by atoms with Crippen molar-refractivity contribution in [3.05, 3.63) is 59.2 Å². The summed E-state index contributed by atoms with van der Waals surface area (Å²) in [7, 11) is -3.96. The van der Waals surface area contributed by atoms with E-state index in [0.29, 0.717) is 10.0 Å². The SMILES string of the molecule is Cc1ccc(S(=O)(=O)N(O)c2ccc(C)cc2C)cc1. The number of nitrogens with zero attached hydrogens (tertiary/aromatic N) is 1. The predicted octanol–water partition coefficient (Wildman–Crippen LogP) is 3.20. The third kappa shape index (κ3) is 2.69. The molecule has 0 fully saturated rings. The highest BCUT2D eigenvalue weighted by Crippen LogP contribution is 2.25. The van der Waals surface area contributed by atoms with Crippen LogP contribution in [0.3, 0.4) is 0 Å². The Morgan fingerprint density at radius 2 is 1.45 bits per heavy atom. The second kappa shape index (κ2) is 5.26. The van der Waals surface area contributed by atoms with Gasteiger partial charge in [-0.25, -0.2) is 0 Å². The van der Waals surface area contributed by atoms with Gasteiger partial charge in [0.15, 0.2) is 0 Å². The van der Waals surface area contributed by atoms with Crippen LogP contribution in [-0.2, 0) is 10.0 Å². The maximum absolute atomic E-state index is 12.4. The fourth-order valence-electron chi connectivity index (χ4n) is 1.96. The molecule has 0 aliphatic carbocycles. The quantitative estimate of drug-likeness (QED) is 0.883. The van der Waals surface area contributed by atoms with Gasteiger partial charge in [-0.3, -0.25) is 5.21 Å². The van der Waals surface area contributed by atoms with Crippen molar-refractivity contribution in [1.82, 2.24) is 0 Å². The molecule has 2 aromatic rings. The fourth-order valence-corrected chi connectivity index (χ4v) is 3.10. The third-order valence-corrected chi connectivity index (χ3v) is 4.62. The van der Waals surface area contributed by atoms with E-state index in [-0.39, 0.29) is 10.6 Å². The van der Waals surface area contributed by atoms with Crippen LogP contribution >= 0.6 is 0 Å². The van der Waals surface area contributed by atoms with Crippen LogP contribution in [0.1, 0.15) is 16.7 Å². The molecule has 0 saturated carbocycles. The Kier molecular flexibility index (Phi) is 3.83. The maximum Gasteiger partial charge on any atom is 0.286 e. The van der Waals surface area contributed by atoms with E-state index in [1.165, 1.54) is 12.1 Å². The topological polar surface area (TPSA) is 57.6 Å². The summed E-state index contributed by atoms with van der Waals surface area (Å²) < 4.78 is 25.1. The van der Waals surface area contributed by atoms with Crippen molar-refractivity contribution < 1.29 is 13.6 Å².